The number of sulfonamides is 1. The van der Waals surface area contributed by atoms with Crippen LogP contribution in [0.3, 0.4) is 0 Å². The van der Waals surface area contributed by atoms with Crippen molar-refractivity contribution in [2.45, 2.75) is 57.9 Å². The molecule has 0 saturated heterocycles. The van der Waals surface area contributed by atoms with Gasteiger partial charge in [-0.3, -0.25) is 0 Å². The lowest BCUT2D eigenvalue weighted by atomic mass is 9.89. The van der Waals surface area contributed by atoms with Gasteiger partial charge in [0, 0.05) is 22.8 Å². The van der Waals surface area contributed by atoms with Crippen LogP contribution in [0.5, 0.6) is 0 Å². The average Bonchev–Trinajstić information content (AvgIpc) is 3.02. The first kappa shape index (κ1) is 16.9. The van der Waals surface area contributed by atoms with E-state index >= 15 is 0 Å². The predicted molar refractivity (Wildman–Crippen MR) is 88.2 cm³/mol. The summed E-state index contributed by atoms with van der Waals surface area (Å²) in [6.07, 6.45) is 4.65. The Labute approximate surface area is 132 Å². The van der Waals surface area contributed by atoms with E-state index in [1.807, 2.05) is 19.9 Å². The molecule has 0 unspecified atom stereocenters. The minimum atomic E-state index is -3.39. The van der Waals surface area contributed by atoms with Crippen molar-refractivity contribution in [1.82, 2.24) is 10.0 Å². The molecule has 0 spiro atoms. The molecule has 1 heterocycles. The van der Waals surface area contributed by atoms with Crippen LogP contribution in [0.15, 0.2) is 11.0 Å². The summed E-state index contributed by atoms with van der Waals surface area (Å²) in [5, 5.41) is 3.23. The molecule has 1 fully saturated rings. The fourth-order valence-corrected chi connectivity index (χ4v) is 5.68. The number of nitrogens with one attached hydrogen (secondary N) is 2. The van der Waals surface area contributed by atoms with Crippen molar-refractivity contribution in [3.8, 4) is 0 Å². The highest BCUT2D eigenvalue weighted by Crippen LogP contribution is 2.37. The van der Waals surface area contributed by atoms with Crippen molar-refractivity contribution in [3.05, 3.63) is 15.8 Å². The van der Waals surface area contributed by atoms with Crippen molar-refractivity contribution in [2.75, 3.05) is 13.1 Å². The molecule has 0 amide bonds. The Morgan fingerprint density at radius 2 is 2.00 bits per heavy atom. The Morgan fingerprint density at radius 3 is 2.62 bits per heavy atom. The first-order chi connectivity index (χ1) is 9.86. The molecule has 2 rings (SSSR count). The van der Waals surface area contributed by atoms with Crippen LogP contribution in [-0.2, 0) is 16.6 Å². The third-order valence-corrected chi connectivity index (χ3v) is 6.97. The van der Waals surface area contributed by atoms with E-state index in [0.717, 1.165) is 35.7 Å². The van der Waals surface area contributed by atoms with Gasteiger partial charge in [0.05, 0.1) is 4.90 Å². The van der Waals surface area contributed by atoms with Crippen molar-refractivity contribution >= 4 is 21.4 Å². The van der Waals surface area contributed by atoms with Gasteiger partial charge in [-0.2, -0.15) is 0 Å². The molecule has 0 bridgehead atoms. The highest BCUT2D eigenvalue weighted by molar-refractivity contribution is 7.89. The third kappa shape index (κ3) is 4.28. The van der Waals surface area contributed by atoms with Crippen LogP contribution in [0.4, 0.5) is 0 Å². The van der Waals surface area contributed by atoms with Crippen LogP contribution in [0, 0.1) is 12.3 Å². The lowest BCUT2D eigenvalue weighted by Gasteiger charge is -2.23. The summed E-state index contributed by atoms with van der Waals surface area (Å²) in [4.78, 5) is 2.38. The molecule has 0 radical (unpaired) electrons. The summed E-state index contributed by atoms with van der Waals surface area (Å²) in [5.74, 6) is 0. The maximum Gasteiger partial charge on any atom is 0.241 e. The maximum absolute atomic E-state index is 12.5. The molecule has 120 valence electrons. The second-order valence-corrected chi connectivity index (χ2v) is 9.33. The highest BCUT2D eigenvalue weighted by atomic mass is 32.2. The van der Waals surface area contributed by atoms with Crippen LogP contribution in [-0.4, -0.2) is 21.5 Å². The maximum atomic E-state index is 12.5. The van der Waals surface area contributed by atoms with Crippen molar-refractivity contribution in [3.63, 3.8) is 0 Å². The molecule has 1 aliphatic carbocycles. The van der Waals surface area contributed by atoms with Crippen molar-refractivity contribution in [2.24, 2.45) is 5.41 Å². The van der Waals surface area contributed by atoms with E-state index in [1.54, 1.807) is 11.3 Å². The summed E-state index contributed by atoms with van der Waals surface area (Å²) < 4.78 is 27.9. The largest absolute Gasteiger partial charge is 0.312 e. The van der Waals surface area contributed by atoms with Gasteiger partial charge in [-0.25, -0.2) is 13.1 Å². The Bertz CT molecular complexity index is 572. The van der Waals surface area contributed by atoms with Crippen LogP contribution in [0.25, 0.3) is 0 Å². The number of rotatable bonds is 7. The van der Waals surface area contributed by atoms with Gasteiger partial charge in [-0.1, -0.05) is 26.7 Å². The van der Waals surface area contributed by atoms with E-state index in [1.165, 1.54) is 12.8 Å². The van der Waals surface area contributed by atoms with E-state index in [2.05, 4.69) is 17.0 Å². The van der Waals surface area contributed by atoms with Crippen LogP contribution in [0.1, 0.15) is 49.3 Å². The van der Waals surface area contributed by atoms with Gasteiger partial charge in [0.25, 0.3) is 0 Å². The van der Waals surface area contributed by atoms with Crippen LogP contribution in [0.2, 0.25) is 0 Å². The highest BCUT2D eigenvalue weighted by Gasteiger charge is 2.31. The summed E-state index contributed by atoms with van der Waals surface area (Å²) in [6, 6.07) is 1.81. The Hall–Kier alpha value is -0.430. The van der Waals surface area contributed by atoms with Gasteiger partial charge in [0.15, 0.2) is 0 Å². The van der Waals surface area contributed by atoms with E-state index in [-0.39, 0.29) is 5.41 Å². The molecule has 0 aromatic carbocycles. The van der Waals surface area contributed by atoms with E-state index in [0.29, 0.717) is 11.4 Å². The average molecular weight is 331 g/mol. The van der Waals surface area contributed by atoms with Gasteiger partial charge in [-0.15, -0.1) is 11.3 Å². The zero-order valence-corrected chi connectivity index (χ0v) is 14.8. The first-order valence-corrected chi connectivity index (χ1v) is 9.96. The molecule has 1 aromatic heterocycles. The molecular formula is C15H26N2O2S2. The number of hydrogen-bond donors (Lipinski definition) is 2. The standard InChI is InChI=1S/C15H26N2O2S2/c1-4-16-10-13-9-14(12(2)20-13)21(18,19)17-11-15(3)7-5-6-8-15/h9,16-17H,4-8,10-11H2,1-3H3. The molecule has 1 saturated carbocycles. The van der Waals surface area contributed by atoms with Gasteiger partial charge in [0.1, 0.15) is 0 Å². The van der Waals surface area contributed by atoms with Gasteiger partial charge >= 0.3 is 0 Å². The SMILES string of the molecule is CCNCc1cc(S(=O)(=O)NCC2(C)CCCC2)c(C)s1. The lowest BCUT2D eigenvalue weighted by Crippen LogP contribution is -2.34. The van der Waals surface area contributed by atoms with E-state index in [9.17, 15) is 8.42 Å². The summed E-state index contributed by atoms with van der Waals surface area (Å²) >= 11 is 1.56. The van der Waals surface area contributed by atoms with Crippen molar-refractivity contribution < 1.29 is 8.42 Å². The number of thiophene rings is 1. The minimum Gasteiger partial charge on any atom is -0.312 e. The predicted octanol–water partition coefficient (Wildman–Crippen LogP) is 3.02. The molecule has 6 heteroatoms. The minimum absolute atomic E-state index is 0.129. The van der Waals surface area contributed by atoms with Crippen LogP contribution < -0.4 is 10.0 Å². The van der Waals surface area contributed by atoms with Gasteiger partial charge < -0.3 is 5.32 Å². The van der Waals surface area contributed by atoms with Gasteiger partial charge in [0.2, 0.25) is 10.0 Å². The summed E-state index contributed by atoms with van der Waals surface area (Å²) in [5.41, 5.74) is 0.129. The quantitative estimate of drug-likeness (QED) is 0.808. The molecule has 1 aliphatic rings. The second-order valence-electron chi connectivity index (χ2n) is 6.26. The number of aryl methyl sites for hydroxylation is 1. The fourth-order valence-electron chi connectivity index (χ4n) is 2.88. The van der Waals surface area contributed by atoms with Crippen molar-refractivity contribution in [1.29, 1.82) is 0 Å². The molecule has 4 nitrogen and oxygen atoms in total. The topological polar surface area (TPSA) is 58.2 Å². The zero-order chi connectivity index (χ0) is 15.5. The fraction of sp³-hybridized carbons (Fsp3) is 0.733. The molecule has 2 N–H and O–H groups in total. The van der Waals surface area contributed by atoms with E-state index < -0.39 is 10.0 Å². The molecule has 0 aliphatic heterocycles. The second kappa shape index (κ2) is 6.77. The number of hydrogen-bond acceptors (Lipinski definition) is 4. The summed E-state index contributed by atoms with van der Waals surface area (Å²) in [6.45, 7) is 8.27. The Morgan fingerprint density at radius 1 is 1.33 bits per heavy atom. The molecule has 1 aromatic rings. The molecule has 21 heavy (non-hydrogen) atoms. The van der Waals surface area contributed by atoms with Crippen LogP contribution >= 0.6 is 11.3 Å². The van der Waals surface area contributed by atoms with Gasteiger partial charge in [-0.05, 0) is 37.8 Å². The third-order valence-electron chi connectivity index (χ3n) is 4.26. The zero-order valence-electron chi connectivity index (χ0n) is 13.2. The molecular weight excluding hydrogens is 304 g/mol. The first-order valence-electron chi connectivity index (χ1n) is 7.66. The van der Waals surface area contributed by atoms with E-state index in [4.69, 9.17) is 0 Å². The summed E-state index contributed by atoms with van der Waals surface area (Å²) in [7, 11) is -3.39. The normalized spacial score (nSPS) is 18.2. The lowest BCUT2D eigenvalue weighted by molar-refractivity contribution is 0.336. The smallest absolute Gasteiger partial charge is 0.241 e. The monoisotopic (exact) mass is 330 g/mol. The molecule has 0 atom stereocenters. The Balaban J connectivity index is 2.06. The Kier molecular flexibility index (Phi) is 5.46.